The van der Waals surface area contributed by atoms with Crippen molar-refractivity contribution in [3.63, 3.8) is 0 Å². The third-order valence-electron chi connectivity index (χ3n) is 6.08. The lowest BCUT2D eigenvalue weighted by molar-refractivity contribution is 0.119. The zero-order valence-corrected chi connectivity index (χ0v) is 20.2. The largest absolute Gasteiger partial charge is 0.380 e. The normalized spacial score (nSPS) is 15.7. The average Bonchev–Trinajstić information content (AvgIpc) is 3.32. The number of aryl methyl sites for hydroxylation is 1. The number of piperazine rings is 1. The van der Waals surface area contributed by atoms with Gasteiger partial charge in [0.15, 0.2) is 5.15 Å². The number of benzene rings is 1. The zero-order valence-electron chi connectivity index (χ0n) is 18.7. The van der Waals surface area contributed by atoms with Crippen LogP contribution in [0.5, 0.6) is 0 Å². The monoisotopic (exact) mass is 478 g/mol. The van der Waals surface area contributed by atoms with Gasteiger partial charge >= 0.3 is 0 Å². The number of para-hydroxylation sites is 2. The number of hydrogen-bond donors (Lipinski definition) is 0. The van der Waals surface area contributed by atoms with Crippen LogP contribution in [0.4, 0.5) is 0 Å². The van der Waals surface area contributed by atoms with Crippen LogP contribution in [0.3, 0.4) is 0 Å². The Morgan fingerprint density at radius 1 is 0.969 bits per heavy atom. The van der Waals surface area contributed by atoms with Crippen molar-refractivity contribution in [2.45, 2.75) is 39.4 Å². The van der Waals surface area contributed by atoms with Crippen molar-refractivity contribution < 1.29 is 4.74 Å². The molecule has 0 bridgehead atoms. The lowest BCUT2D eigenvalue weighted by Gasteiger charge is -2.34. The summed E-state index contributed by atoms with van der Waals surface area (Å²) in [6, 6.07) is 8.39. The molecule has 0 radical (unpaired) electrons. The molecule has 1 fully saturated rings. The molecular weight excluding hydrogens is 447 g/mol. The molecule has 0 N–H and O–H groups in total. The quantitative estimate of drug-likeness (QED) is 0.387. The second kappa shape index (κ2) is 11.5. The van der Waals surface area contributed by atoms with Crippen molar-refractivity contribution in [3.8, 4) is 0 Å². The van der Waals surface area contributed by atoms with E-state index in [4.69, 9.17) is 32.9 Å². The molecule has 9 heteroatoms. The summed E-state index contributed by atoms with van der Waals surface area (Å²) in [6.45, 7) is 11.5. The first-order valence-electron chi connectivity index (χ1n) is 11.5. The molecule has 174 valence electrons. The fourth-order valence-corrected chi connectivity index (χ4v) is 4.61. The molecule has 0 saturated carbocycles. The number of unbranched alkanes of at least 4 members (excludes halogenated alkanes) is 1. The van der Waals surface area contributed by atoms with Gasteiger partial charge in [0.25, 0.3) is 0 Å². The first-order valence-corrected chi connectivity index (χ1v) is 12.2. The van der Waals surface area contributed by atoms with Crippen LogP contribution in [-0.2, 0) is 24.4 Å². The molecule has 0 amide bonds. The molecule has 7 nitrogen and oxygen atoms in total. The maximum atomic E-state index is 6.13. The Balaban J connectivity index is 1.24. The van der Waals surface area contributed by atoms with Gasteiger partial charge in [-0.3, -0.25) is 4.90 Å². The zero-order chi connectivity index (χ0) is 22.3. The standard InChI is InChI=1S/C23H32Cl2N6O/c1-2-32-16-15-31-20-8-4-3-7-19(20)27-21(31)17-29-13-11-28(12-14-29)9-5-6-10-30-18-26-22(24)23(30)25/h3-4,7-8,18H,2,5-6,9-17H2,1H3. The Morgan fingerprint density at radius 2 is 1.72 bits per heavy atom. The number of fused-ring (bicyclic) bond motifs is 1. The van der Waals surface area contributed by atoms with Gasteiger partial charge in [-0.15, -0.1) is 0 Å². The molecule has 3 heterocycles. The third kappa shape index (κ3) is 5.83. The molecule has 1 aliphatic rings. The highest BCUT2D eigenvalue weighted by Crippen LogP contribution is 2.20. The van der Waals surface area contributed by atoms with E-state index >= 15 is 0 Å². The molecule has 0 spiro atoms. The number of hydrogen-bond acceptors (Lipinski definition) is 5. The minimum absolute atomic E-state index is 0.384. The number of halogens is 2. The summed E-state index contributed by atoms with van der Waals surface area (Å²) in [5.41, 5.74) is 2.26. The highest BCUT2D eigenvalue weighted by Gasteiger charge is 2.19. The van der Waals surface area contributed by atoms with Gasteiger partial charge < -0.3 is 18.8 Å². The Hall–Kier alpha value is -1.64. The maximum absolute atomic E-state index is 6.13. The number of imidazole rings is 2. The molecule has 32 heavy (non-hydrogen) atoms. The van der Waals surface area contributed by atoms with Gasteiger partial charge in [0.1, 0.15) is 11.0 Å². The van der Waals surface area contributed by atoms with Gasteiger partial charge in [-0.1, -0.05) is 35.3 Å². The van der Waals surface area contributed by atoms with E-state index in [1.165, 1.54) is 5.52 Å². The average molecular weight is 479 g/mol. The van der Waals surface area contributed by atoms with Crippen LogP contribution < -0.4 is 0 Å². The maximum Gasteiger partial charge on any atom is 0.166 e. The lowest BCUT2D eigenvalue weighted by Crippen LogP contribution is -2.46. The van der Waals surface area contributed by atoms with Gasteiger partial charge in [-0.05, 0) is 38.4 Å². The minimum Gasteiger partial charge on any atom is -0.380 e. The van der Waals surface area contributed by atoms with Gasteiger partial charge in [0, 0.05) is 45.9 Å². The van der Waals surface area contributed by atoms with Crippen molar-refractivity contribution in [3.05, 3.63) is 46.7 Å². The Labute approximate surface area is 199 Å². The molecule has 0 atom stereocenters. The Kier molecular flexibility index (Phi) is 8.43. The van der Waals surface area contributed by atoms with Crippen LogP contribution >= 0.6 is 23.2 Å². The summed E-state index contributed by atoms with van der Waals surface area (Å²) in [7, 11) is 0. The Bertz CT molecular complexity index is 996. The SMILES string of the molecule is CCOCCn1c(CN2CCN(CCCCn3cnc(Cl)c3Cl)CC2)nc2ccccc21. The second-order valence-electron chi connectivity index (χ2n) is 8.21. The Morgan fingerprint density at radius 3 is 2.47 bits per heavy atom. The lowest BCUT2D eigenvalue weighted by atomic mass is 10.2. The van der Waals surface area contributed by atoms with Crippen LogP contribution in [0.25, 0.3) is 11.0 Å². The number of ether oxygens (including phenoxy) is 1. The third-order valence-corrected chi connectivity index (χ3v) is 6.85. The van der Waals surface area contributed by atoms with E-state index in [9.17, 15) is 0 Å². The van der Waals surface area contributed by atoms with E-state index in [1.54, 1.807) is 6.33 Å². The van der Waals surface area contributed by atoms with Crippen LogP contribution in [0.2, 0.25) is 10.3 Å². The van der Waals surface area contributed by atoms with E-state index in [-0.39, 0.29) is 0 Å². The summed E-state index contributed by atoms with van der Waals surface area (Å²) >= 11 is 12.0. The van der Waals surface area contributed by atoms with Crippen molar-refractivity contribution in [1.82, 2.24) is 28.9 Å². The predicted octanol–water partition coefficient (Wildman–Crippen LogP) is 4.17. The van der Waals surface area contributed by atoms with Crippen molar-refractivity contribution in [2.75, 3.05) is 45.9 Å². The number of nitrogens with zero attached hydrogens (tertiary/aromatic N) is 6. The molecule has 1 saturated heterocycles. The van der Waals surface area contributed by atoms with Gasteiger partial charge in [-0.2, -0.15) is 0 Å². The smallest absolute Gasteiger partial charge is 0.166 e. The van der Waals surface area contributed by atoms with Crippen molar-refractivity contribution in [1.29, 1.82) is 0 Å². The van der Waals surface area contributed by atoms with E-state index in [0.29, 0.717) is 16.9 Å². The molecule has 3 aromatic rings. The molecule has 0 unspecified atom stereocenters. The van der Waals surface area contributed by atoms with Crippen LogP contribution in [-0.4, -0.2) is 74.8 Å². The second-order valence-corrected chi connectivity index (χ2v) is 8.93. The topological polar surface area (TPSA) is 51.4 Å². The summed E-state index contributed by atoms with van der Waals surface area (Å²) in [5, 5.41) is 0.918. The summed E-state index contributed by atoms with van der Waals surface area (Å²) in [6.07, 6.45) is 3.92. The van der Waals surface area contributed by atoms with Crippen molar-refractivity contribution in [2.24, 2.45) is 0 Å². The van der Waals surface area contributed by atoms with Crippen LogP contribution in [0.1, 0.15) is 25.6 Å². The molecule has 0 aliphatic carbocycles. The highest BCUT2D eigenvalue weighted by atomic mass is 35.5. The molecule has 4 rings (SSSR count). The summed E-state index contributed by atoms with van der Waals surface area (Å²) in [5.74, 6) is 1.13. The molecule has 1 aliphatic heterocycles. The first kappa shape index (κ1) is 23.5. The van der Waals surface area contributed by atoms with E-state index in [1.807, 2.05) is 11.5 Å². The van der Waals surface area contributed by atoms with Crippen LogP contribution in [0, 0.1) is 0 Å². The van der Waals surface area contributed by atoms with Gasteiger partial charge in [0.2, 0.25) is 0 Å². The summed E-state index contributed by atoms with van der Waals surface area (Å²) < 4.78 is 9.85. The molecule has 1 aromatic carbocycles. The van der Waals surface area contributed by atoms with E-state index < -0.39 is 0 Å². The molecule has 2 aromatic heterocycles. The van der Waals surface area contributed by atoms with Crippen molar-refractivity contribution >= 4 is 34.2 Å². The number of aromatic nitrogens is 4. The van der Waals surface area contributed by atoms with E-state index in [0.717, 1.165) is 83.1 Å². The fraction of sp³-hybridized carbons (Fsp3) is 0.565. The van der Waals surface area contributed by atoms with Gasteiger partial charge in [-0.25, -0.2) is 9.97 Å². The first-order chi connectivity index (χ1) is 15.7. The van der Waals surface area contributed by atoms with E-state index in [2.05, 4.69) is 43.6 Å². The number of rotatable bonds is 11. The molecular formula is C23H32Cl2N6O. The minimum atomic E-state index is 0.384. The van der Waals surface area contributed by atoms with Crippen LogP contribution in [0.15, 0.2) is 30.6 Å². The summed E-state index contributed by atoms with van der Waals surface area (Å²) in [4.78, 5) is 14.0. The van der Waals surface area contributed by atoms with Gasteiger partial charge in [0.05, 0.1) is 30.5 Å². The highest BCUT2D eigenvalue weighted by molar-refractivity contribution is 6.40. The fourth-order valence-electron chi connectivity index (χ4n) is 4.28. The predicted molar refractivity (Wildman–Crippen MR) is 129 cm³/mol.